The van der Waals surface area contributed by atoms with Gasteiger partial charge in [0.05, 0.1) is 5.92 Å². The van der Waals surface area contributed by atoms with Crippen LogP contribution in [-0.4, -0.2) is 17.7 Å². The highest BCUT2D eigenvalue weighted by molar-refractivity contribution is 6.55. The number of halogens is 2. The quantitative estimate of drug-likeness (QED) is 0.612. The Kier molecular flexibility index (Phi) is 6.49. The lowest BCUT2D eigenvalue weighted by Crippen LogP contribution is -2.17. The Balaban J connectivity index is 1.74. The molecular formula is C22H19Cl2NO4. The minimum absolute atomic E-state index is 0.0209. The molecule has 150 valence electrons. The van der Waals surface area contributed by atoms with Crippen molar-refractivity contribution in [1.82, 2.24) is 0 Å². The maximum absolute atomic E-state index is 12.7. The van der Waals surface area contributed by atoms with E-state index in [4.69, 9.17) is 32.7 Å². The van der Waals surface area contributed by atoms with Crippen LogP contribution in [0.25, 0.3) is 0 Å². The SMILES string of the molecule is C[C@@]1(CO)C(C=C(Cl)Cl)[C@H]1C(=O)OC(C#N)c1cccc(Oc2ccccc2)c1. The molecule has 0 aromatic heterocycles. The Labute approximate surface area is 179 Å². The van der Waals surface area contributed by atoms with Crippen LogP contribution >= 0.6 is 23.2 Å². The van der Waals surface area contributed by atoms with Crippen molar-refractivity contribution in [2.45, 2.75) is 13.0 Å². The Morgan fingerprint density at radius 3 is 2.55 bits per heavy atom. The molecule has 2 aromatic rings. The van der Waals surface area contributed by atoms with Crippen molar-refractivity contribution in [3.05, 3.63) is 70.7 Å². The van der Waals surface area contributed by atoms with E-state index in [1.165, 1.54) is 6.08 Å². The van der Waals surface area contributed by atoms with E-state index in [1.54, 1.807) is 31.2 Å². The van der Waals surface area contributed by atoms with Gasteiger partial charge in [-0.15, -0.1) is 0 Å². The van der Waals surface area contributed by atoms with Gasteiger partial charge in [0.2, 0.25) is 6.10 Å². The van der Waals surface area contributed by atoms with Crippen molar-refractivity contribution in [3.63, 3.8) is 0 Å². The summed E-state index contributed by atoms with van der Waals surface area (Å²) < 4.78 is 11.2. The number of esters is 1. The number of aliphatic hydroxyl groups excluding tert-OH is 1. The number of para-hydroxylation sites is 1. The van der Waals surface area contributed by atoms with Gasteiger partial charge < -0.3 is 14.6 Å². The number of rotatable bonds is 7. The first-order chi connectivity index (χ1) is 13.9. The van der Waals surface area contributed by atoms with Gasteiger partial charge in [-0.3, -0.25) is 4.79 Å². The summed E-state index contributed by atoms with van der Waals surface area (Å²) in [6.45, 7) is 1.51. The topological polar surface area (TPSA) is 79.5 Å². The van der Waals surface area contributed by atoms with Crippen LogP contribution in [0.15, 0.2) is 65.2 Å². The van der Waals surface area contributed by atoms with Crippen molar-refractivity contribution in [3.8, 4) is 17.6 Å². The number of carbonyl (C=O) groups excluding carboxylic acids is 1. The lowest BCUT2D eigenvalue weighted by Gasteiger charge is -2.14. The molecule has 1 N–H and O–H groups in total. The number of benzene rings is 2. The van der Waals surface area contributed by atoms with Gasteiger partial charge in [0.25, 0.3) is 0 Å². The van der Waals surface area contributed by atoms with Crippen LogP contribution in [-0.2, 0) is 9.53 Å². The second-order valence-corrected chi connectivity index (χ2v) is 8.07. The number of nitriles is 1. The fourth-order valence-corrected chi connectivity index (χ4v) is 3.64. The monoisotopic (exact) mass is 431 g/mol. The minimum Gasteiger partial charge on any atom is -0.457 e. The number of aliphatic hydroxyl groups is 1. The summed E-state index contributed by atoms with van der Waals surface area (Å²) in [4.78, 5) is 12.7. The maximum Gasteiger partial charge on any atom is 0.311 e. The Morgan fingerprint density at radius 1 is 1.24 bits per heavy atom. The standard InChI is InChI=1S/C22H19Cl2NO4/c1-22(13-26)17(11-19(23)24)20(22)21(27)29-18(12-25)14-6-5-9-16(10-14)28-15-7-3-2-4-8-15/h2-11,17-18,20,26H,13H2,1H3/t17?,18?,20-,22+/m0/s1. The van der Waals surface area contributed by atoms with Crippen LogP contribution in [0.1, 0.15) is 18.6 Å². The molecule has 4 atom stereocenters. The molecule has 2 unspecified atom stereocenters. The van der Waals surface area contributed by atoms with Crippen LogP contribution < -0.4 is 4.74 Å². The number of ether oxygens (including phenoxy) is 2. The normalized spacial score (nSPS) is 23.4. The smallest absolute Gasteiger partial charge is 0.311 e. The van der Waals surface area contributed by atoms with E-state index >= 15 is 0 Å². The molecule has 1 aliphatic rings. The molecule has 0 bridgehead atoms. The molecule has 3 rings (SSSR count). The summed E-state index contributed by atoms with van der Waals surface area (Å²) in [5.74, 6) is -0.388. The second kappa shape index (κ2) is 8.87. The number of nitrogens with zero attached hydrogens (tertiary/aromatic N) is 1. The van der Waals surface area contributed by atoms with Crippen molar-refractivity contribution in [2.75, 3.05) is 6.61 Å². The van der Waals surface area contributed by atoms with E-state index in [0.717, 1.165) is 0 Å². The molecule has 1 aliphatic carbocycles. The predicted molar refractivity (Wildman–Crippen MR) is 109 cm³/mol. The summed E-state index contributed by atoms with van der Waals surface area (Å²) >= 11 is 11.4. The highest BCUT2D eigenvalue weighted by Crippen LogP contribution is 2.60. The van der Waals surface area contributed by atoms with Gasteiger partial charge in [-0.05, 0) is 30.3 Å². The van der Waals surface area contributed by atoms with E-state index in [1.807, 2.05) is 36.4 Å². The van der Waals surface area contributed by atoms with E-state index in [2.05, 4.69) is 0 Å². The third-order valence-electron chi connectivity index (χ3n) is 5.11. The molecule has 1 fully saturated rings. The summed E-state index contributed by atoms with van der Waals surface area (Å²) in [6.07, 6.45) is 0.405. The van der Waals surface area contributed by atoms with Gasteiger partial charge >= 0.3 is 5.97 Å². The zero-order chi connectivity index (χ0) is 21.0. The molecule has 0 radical (unpaired) electrons. The molecular weight excluding hydrogens is 413 g/mol. The number of allylic oxidation sites excluding steroid dienone is 1. The average molecular weight is 432 g/mol. The van der Waals surface area contributed by atoms with E-state index in [0.29, 0.717) is 17.1 Å². The summed E-state index contributed by atoms with van der Waals surface area (Å²) in [5, 5.41) is 19.2. The van der Waals surface area contributed by atoms with Crippen molar-refractivity contribution >= 4 is 29.2 Å². The minimum atomic E-state index is -1.11. The van der Waals surface area contributed by atoms with Crippen molar-refractivity contribution < 1.29 is 19.4 Å². The number of hydrogen-bond donors (Lipinski definition) is 1. The fourth-order valence-electron chi connectivity index (χ4n) is 3.37. The van der Waals surface area contributed by atoms with Gasteiger partial charge in [-0.2, -0.15) is 5.26 Å². The van der Waals surface area contributed by atoms with Crippen LogP contribution in [0.5, 0.6) is 11.5 Å². The lowest BCUT2D eigenvalue weighted by atomic mass is 10.1. The molecule has 5 nitrogen and oxygen atoms in total. The van der Waals surface area contributed by atoms with Gasteiger partial charge in [0.15, 0.2) is 0 Å². The summed E-state index contributed by atoms with van der Waals surface area (Å²) in [7, 11) is 0. The summed E-state index contributed by atoms with van der Waals surface area (Å²) in [6, 6.07) is 18.0. The van der Waals surface area contributed by atoms with E-state index in [-0.39, 0.29) is 17.0 Å². The fraction of sp³-hybridized carbons (Fsp3) is 0.273. The number of carbonyl (C=O) groups is 1. The van der Waals surface area contributed by atoms with Gasteiger partial charge in [-0.1, -0.05) is 60.5 Å². The van der Waals surface area contributed by atoms with Gasteiger partial charge in [-0.25, -0.2) is 0 Å². The predicted octanol–water partition coefficient (Wildman–Crippen LogP) is 5.15. The maximum atomic E-state index is 12.7. The van der Waals surface area contributed by atoms with Crippen LogP contribution in [0, 0.1) is 28.6 Å². The first kappa shape index (κ1) is 21.2. The van der Waals surface area contributed by atoms with Crippen LogP contribution in [0.3, 0.4) is 0 Å². The third kappa shape index (κ3) is 4.73. The van der Waals surface area contributed by atoms with Crippen LogP contribution in [0.2, 0.25) is 0 Å². The molecule has 0 aliphatic heterocycles. The largest absolute Gasteiger partial charge is 0.457 e. The molecule has 0 amide bonds. The van der Waals surface area contributed by atoms with Gasteiger partial charge in [0.1, 0.15) is 22.1 Å². The van der Waals surface area contributed by atoms with Gasteiger partial charge in [0, 0.05) is 23.5 Å². The first-order valence-electron chi connectivity index (χ1n) is 8.95. The highest BCUT2D eigenvalue weighted by atomic mass is 35.5. The third-order valence-corrected chi connectivity index (χ3v) is 5.37. The Bertz CT molecular complexity index is 953. The van der Waals surface area contributed by atoms with E-state index in [9.17, 15) is 15.2 Å². The molecule has 0 heterocycles. The molecule has 1 saturated carbocycles. The molecule has 29 heavy (non-hydrogen) atoms. The van der Waals surface area contributed by atoms with Crippen LogP contribution in [0.4, 0.5) is 0 Å². The summed E-state index contributed by atoms with van der Waals surface area (Å²) in [5.41, 5.74) is -0.229. The molecule has 0 saturated heterocycles. The Morgan fingerprint density at radius 2 is 1.93 bits per heavy atom. The Hall–Kier alpha value is -2.52. The first-order valence-corrected chi connectivity index (χ1v) is 9.71. The molecule has 2 aromatic carbocycles. The van der Waals surface area contributed by atoms with Crippen molar-refractivity contribution in [1.29, 1.82) is 5.26 Å². The average Bonchev–Trinajstić information content (AvgIpc) is 3.30. The lowest BCUT2D eigenvalue weighted by molar-refractivity contribution is -0.149. The highest BCUT2D eigenvalue weighted by Gasteiger charge is 2.64. The van der Waals surface area contributed by atoms with Crippen molar-refractivity contribution in [2.24, 2.45) is 17.3 Å². The number of hydrogen-bond acceptors (Lipinski definition) is 5. The second-order valence-electron chi connectivity index (χ2n) is 7.06. The molecule has 0 spiro atoms. The van der Waals surface area contributed by atoms with E-state index < -0.39 is 23.4 Å². The molecule has 7 heteroatoms. The zero-order valence-corrected chi connectivity index (χ0v) is 17.1. The zero-order valence-electron chi connectivity index (χ0n) is 15.6.